The standard InChI is InChI=1S/C7H7ClS/c8-5-6-2-1-3-7(9)4-6/h1-2,4H,3,5H2. The topological polar surface area (TPSA) is 0 Å². The molecule has 0 atom stereocenters. The zero-order valence-electron chi connectivity index (χ0n) is 4.93. The molecule has 0 aromatic heterocycles. The van der Waals surface area contributed by atoms with Crippen LogP contribution in [0.15, 0.2) is 23.8 Å². The van der Waals surface area contributed by atoms with E-state index in [0.29, 0.717) is 5.88 Å². The molecule has 1 aliphatic carbocycles. The van der Waals surface area contributed by atoms with Gasteiger partial charge < -0.3 is 0 Å². The van der Waals surface area contributed by atoms with E-state index in [9.17, 15) is 0 Å². The van der Waals surface area contributed by atoms with Gasteiger partial charge in [-0.15, -0.1) is 11.6 Å². The van der Waals surface area contributed by atoms with Crippen molar-refractivity contribution in [3.63, 3.8) is 0 Å². The van der Waals surface area contributed by atoms with Gasteiger partial charge in [0.05, 0.1) is 0 Å². The summed E-state index contributed by atoms with van der Waals surface area (Å²) in [5.74, 6) is 0.566. The maximum Gasteiger partial charge on any atom is 0.0474 e. The van der Waals surface area contributed by atoms with E-state index in [-0.39, 0.29) is 0 Å². The maximum absolute atomic E-state index is 5.57. The molecule has 0 radical (unpaired) electrons. The Hall–Kier alpha value is -0.140. The summed E-state index contributed by atoms with van der Waals surface area (Å²) < 4.78 is 0. The first-order valence-electron chi connectivity index (χ1n) is 2.79. The number of hydrogen-bond donors (Lipinski definition) is 0. The van der Waals surface area contributed by atoms with Crippen LogP contribution in [0.3, 0.4) is 0 Å². The van der Waals surface area contributed by atoms with Gasteiger partial charge in [-0.3, -0.25) is 0 Å². The molecular formula is C7H7ClS. The fourth-order valence-corrected chi connectivity index (χ4v) is 1.14. The molecule has 0 unspecified atom stereocenters. The van der Waals surface area contributed by atoms with Gasteiger partial charge in [0, 0.05) is 17.2 Å². The minimum atomic E-state index is 0.566. The summed E-state index contributed by atoms with van der Waals surface area (Å²) in [6, 6.07) is 0. The van der Waals surface area contributed by atoms with Gasteiger partial charge in [-0.25, -0.2) is 0 Å². The molecule has 0 aliphatic heterocycles. The average Bonchev–Trinajstić information content (AvgIpc) is 1.88. The summed E-state index contributed by atoms with van der Waals surface area (Å²) in [5, 5.41) is 0. The van der Waals surface area contributed by atoms with Crippen molar-refractivity contribution >= 4 is 28.7 Å². The predicted molar refractivity (Wildman–Crippen MR) is 45.2 cm³/mol. The molecular weight excluding hydrogens is 152 g/mol. The predicted octanol–water partition coefficient (Wildman–Crippen LogP) is 2.48. The van der Waals surface area contributed by atoms with Gasteiger partial charge in [-0.2, -0.15) is 0 Å². The van der Waals surface area contributed by atoms with Crippen LogP contribution in [0.25, 0.3) is 0 Å². The normalized spacial score (nSPS) is 17.9. The van der Waals surface area contributed by atoms with Crippen molar-refractivity contribution in [1.29, 1.82) is 0 Å². The van der Waals surface area contributed by atoms with Crippen molar-refractivity contribution < 1.29 is 0 Å². The number of alkyl halides is 1. The van der Waals surface area contributed by atoms with Crippen LogP contribution in [-0.4, -0.2) is 10.7 Å². The fourth-order valence-electron chi connectivity index (χ4n) is 0.723. The second kappa shape index (κ2) is 3.14. The third-order valence-corrected chi connectivity index (χ3v) is 1.74. The van der Waals surface area contributed by atoms with E-state index in [4.69, 9.17) is 23.8 Å². The molecule has 2 heteroatoms. The van der Waals surface area contributed by atoms with Crippen LogP contribution >= 0.6 is 23.8 Å². The second-order valence-electron chi connectivity index (χ2n) is 1.93. The lowest BCUT2D eigenvalue weighted by molar-refractivity contribution is 1.42. The lowest BCUT2D eigenvalue weighted by Gasteiger charge is -2.02. The van der Waals surface area contributed by atoms with E-state index in [1.807, 2.05) is 18.2 Å². The van der Waals surface area contributed by atoms with Crippen LogP contribution in [0.2, 0.25) is 0 Å². The van der Waals surface area contributed by atoms with E-state index in [1.165, 1.54) is 0 Å². The van der Waals surface area contributed by atoms with Crippen LogP contribution in [0.5, 0.6) is 0 Å². The van der Waals surface area contributed by atoms with Gasteiger partial charge >= 0.3 is 0 Å². The maximum atomic E-state index is 5.57. The van der Waals surface area contributed by atoms with Crippen molar-refractivity contribution in [1.82, 2.24) is 0 Å². The fraction of sp³-hybridized carbons (Fsp3) is 0.286. The number of hydrogen-bond acceptors (Lipinski definition) is 1. The van der Waals surface area contributed by atoms with Gasteiger partial charge in [-0.1, -0.05) is 24.4 Å². The molecule has 0 N–H and O–H groups in total. The highest BCUT2D eigenvalue weighted by Gasteiger charge is 1.97. The van der Waals surface area contributed by atoms with Crippen molar-refractivity contribution in [2.45, 2.75) is 6.42 Å². The number of thiocarbonyl (C=S) groups is 1. The highest BCUT2D eigenvalue weighted by molar-refractivity contribution is 7.80. The van der Waals surface area contributed by atoms with Gasteiger partial charge in [0.25, 0.3) is 0 Å². The molecule has 0 saturated carbocycles. The smallest absolute Gasteiger partial charge is 0.0474 e. The second-order valence-corrected chi connectivity index (χ2v) is 2.72. The lowest BCUT2D eigenvalue weighted by Crippen LogP contribution is -1.95. The van der Waals surface area contributed by atoms with Crippen LogP contribution in [-0.2, 0) is 0 Å². The minimum Gasteiger partial charge on any atom is -0.122 e. The number of halogens is 1. The van der Waals surface area contributed by atoms with Crippen LogP contribution in [0, 0.1) is 0 Å². The first-order chi connectivity index (χ1) is 4.33. The van der Waals surface area contributed by atoms with Crippen molar-refractivity contribution in [2.75, 3.05) is 5.88 Å². The molecule has 9 heavy (non-hydrogen) atoms. The molecule has 0 fully saturated rings. The first-order valence-corrected chi connectivity index (χ1v) is 3.73. The molecule has 0 heterocycles. The van der Waals surface area contributed by atoms with Gasteiger partial charge in [0.2, 0.25) is 0 Å². The Balaban J connectivity index is 2.70. The third kappa shape index (κ3) is 1.92. The monoisotopic (exact) mass is 158 g/mol. The Bertz CT molecular complexity index is 179. The van der Waals surface area contributed by atoms with E-state index in [1.54, 1.807) is 0 Å². The Kier molecular flexibility index (Phi) is 2.43. The lowest BCUT2D eigenvalue weighted by atomic mass is 10.1. The van der Waals surface area contributed by atoms with Crippen LogP contribution in [0.4, 0.5) is 0 Å². The highest BCUT2D eigenvalue weighted by atomic mass is 35.5. The summed E-state index contributed by atoms with van der Waals surface area (Å²) in [7, 11) is 0. The summed E-state index contributed by atoms with van der Waals surface area (Å²) >= 11 is 10.5. The Morgan fingerprint density at radius 1 is 1.67 bits per heavy atom. The van der Waals surface area contributed by atoms with Crippen LogP contribution < -0.4 is 0 Å². The third-order valence-electron chi connectivity index (χ3n) is 1.15. The number of rotatable bonds is 1. The van der Waals surface area contributed by atoms with Gasteiger partial charge in [0.1, 0.15) is 0 Å². The van der Waals surface area contributed by atoms with E-state index in [0.717, 1.165) is 16.9 Å². The van der Waals surface area contributed by atoms with Gasteiger partial charge in [-0.05, 0) is 11.6 Å². The number of allylic oxidation sites excluding steroid dienone is 4. The molecule has 0 spiro atoms. The molecule has 1 aliphatic rings. The summed E-state index contributed by atoms with van der Waals surface area (Å²) in [6.07, 6.45) is 6.92. The quantitative estimate of drug-likeness (QED) is 0.418. The van der Waals surface area contributed by atoms with E-state index < -0.39 is 0 Å². The first kappa shape index (κ1) is 6.97. The zero-order valence-corrected chi connectivity index (χ0v) is 6.50. The molecule has 0 saturated heterocycles. The Morgan fingerprint density at radius 3 is 2.89 bits per heavy atom. The average molecular weight is 159 g/mol. The van der Waals surface area contributed by atoms with E-state index in [2.05, 4.69) is 0 Å². The molecule has 48 valence electrons. The SMILES string of the molecule is S=C1C=C(CCl)C=CC1. The Labute approximate surface area is 65.2 Å². The minimum absolute atomic E-state index is 0.566. The van der Waals surface area contributed by atoms with Crippen LogP contribution in [0.1, 0.15) is 6.42 Å². The molecule has 0 nitrogen and oxygen atoms in total. The molecule has 0 aromatic carbocycles. The summed E-state index contributed by atoms with van der Waals surface area (Å²) in [4.78, 5) is 0.980. The van der Waals surface area contributed by atoms with Crippen molar-refractivity contribution in [3.8, 4) is 0 Å². The molecule has 0 aromatic rings. The molecule has 0 bridgehead atoms. The Morgan fingerprint density at radius 2 is 2.44 bits per heavy atom. The largest absolute Gasteiger partial charge is 0.122 e. The van der Waals surface area contributed by atoms with E-state index >= 15 is 0 Å². The van der Waals surface area contributed by atoms with Crippen molar-refractivity contribution in [3.05, 3.63) is 23.8 Å². The highest BCUT2D eigenvalue weighted by Crippen LogP contribution is 2.08. The van der Waals surface area contributed by atoms with Gasteiger partial charge in [0.15, 0.2) is 0 Å². The molecule has 1 rings (SSSR count). The molecule has 0 amide bonds. The summed E-state index contributed by atoms with van der Waals surface area (Å²) in [5.41, 5.74) is 1.12. The zero-order chi connectivity index (χ0) is 6.69. The van der Waals surface area contributed by atoms with Crippen molar-refractivity contribution in [2.24, 2.45) is 0 Å². The summed E-state index contributed by atoms with van der Waals surface area (Å²) in [6.45, 7) is 0.